The highest BCUT2D eigenvalue weighted by Crippen LogP contribution is 2.33. The van der Waals surface area contributed by atoms with Gasteiger partial charge in [-0.3, -0.25) is 4.79 Å². The third kappa shape index (κ3) is 3.60. The van der Waals surface area contributed by atoms with Gasteiger partial charge < -0.3 is 24.2 Å². The summed E-state index contributed by atoms with van der Waals surface area (Å²) in [5, 5.41) is 13.8. The molecular formula is C20H23N3O5. The second kappa shape index (κ2) is 8.02. The predicted octanol–water partition coefficient (Wildman–Crippen LogP) is 2.11. The maximum atomic E-state index is 12.7. The summed E-state index contributed by atoms with van der Waals surface area (Å²) in [6, 6.07) is 9.10. The van der Waals surface area contributed by atoms with Crippen molar-refractivity contribution in [2.75, 3.05) is 44.3 Å². The van der Waals surface area contributed by atoms with Gasteiger partial charge in [-0.05, 0) is 12.8 Å². The number of carbonyl (C=O) groups excluding carboxylic acids is 1. The van der Waals surface area contributed by atoms with Crippen molar-refractivity contribution in [1.82, 2.24) is 10.1 Å². The van der Waals surface area contributed by atoms with Crippen molar-refractivity contribution in [2.24, 2.45) is 5.92 Å². The van der Waals surface area contributed by atoms with E-state index in [1.54, 1.807) is 12.1 Å². The molecule has 1 amide bonds. The number of rotatable bonds is 4. The molecule has 2 aromatic rings. The van der Waals surface area contributed by atoms with Crippen LogP contribution in [-0.4, -0.2) is 66.4 Å². The lowest BCUT2D eigenvalue weighted by molar-refractivity contribution is -0.140. The van der Waals surface area contributed by atoms with Crippen molar-refractivity contribution in [3.05, 3.63) is 35.9 Å². The fraction of sp³-hybridized carbons (Fsp3) is 0.450. The lowest BCUT2D eigenvalue weighted by Gasteiger charge is -2.35. The Morgan fingerprint density at radius 3 is 2.36 bits per heavy atom. The standard InChI is InChI=1S/C20H23N3O5/c24-19(23-10-12-27-13-11-23)15-6-8-22(9-7-15)18-16(20(25)26)17(28-21-18)14-4-2-1-3-5-14/h1-5,15H,6-13H2,(H,25,26). The van der Waals surface area contributed by atoms with E-state index in [0.29, 0.717) is 63.6 Å². The molecule has 4 rings (SSSR count). The minimum atomic E-state index is -1.07. The number of aromatic nitrogens is 1. The lowest BCUT2D eigenvalue weighted by atomic mass is 9.94. The Morgan fingerprint density at radius 2 is 1.71 bits per heavy atom. The maximum Gasteiger partial charge on any atom is 0.343 e. The summed E-state index contributed by atoms with van der Waals surface area (Å²) in [4.78, 5) is 28.4. The molecule has 8 nitrogen and oxygen atoms in total. The number of anilines is 1. The van der Waals surface area contributed by atoms with E-state index >= 15 is 0 Å². The van der Waals surface area contributed by atoms with Crippen LogP contribution in [-0.2, 0) is 9.53 Å². The topological polar surface area (TPSA) is 96.1 Å². The molecule has 2 aliphatic rings. The average Bonchev–Trinajstić information content (AvgIpc) is 3.20. The molecule has 1 N–H and O–H groups in total. The first-order valence-electron chi connectivity index (χ1n) is 9.55. The molecule has 2 fully saturated rings. The molecule has 0 radical (unpaired) electrons. The Kier molecular flexibility index (Phi) is 5.29. The first-order chi connectivity index (χ1) is 13.6. The SMILES string of the molecule is O=C(O)c1c(N2CCC(C(=O)N3CCOCC3)CC2)noc1-c1ccccc1. The minimum absolute atomic E-state index is 0.0388. The summed E-state index contributed by atoms with van der Waals surface area (Å²) in [6.07, 6.45) is 1.34. The molecule has 0 bridgehead atoms. The van der Waals surface area contributed by atoms with Crippen molar-refractivity contribution in [2.45, 2.75) is 12.8 Å². The summed E-state index contributed by atoms with van der Waals surface area (Å²) < 4.78 is 10.7. The van der Waals surface area contributed by atoms with E-state index in [4.69, 9.17) is 9.26 Å². The maximum absolute atomic E-state index is 12.7. The number of amides is 1. The van der Waals surface area contributed by atoms with E-state index in [0.717, 1.165) is 0 Å². The van der Waals surface area contributed by atoms with Gasteiger partial charge in [0.25, 0.3) is 0 Å². The molecule has 2 aliphatic heterocycles. The molecule has 8 heteroatoms. The van der Waals surface area contributed by atoms with Crippen LogP contribution in [0.4, 0.5) is 5.82 Å². The highest BCUT2D eigenvalue weighted by Gasteiger charge is 2.33. The molecule has 148 valence electrons. The number of carboxylic acids is 1. The third-order valence-electron chi connectivity index (χ3n) is 5.39. The Labute approximate surface area is 162 Å². The second-order valence-corrected chi connectivity index (χ2v) is 7.08. The normalized spacial score (nSPS) is 18.3. The number of hydrogen-bond donors (Lipinski definition) is 1. The largest absolute Gasteiger partial charge is 0.477 e. The average molecular weight is 385 g/mol. The zero-order valence-electron chi connectivity index (χ0n) is 15.5. The molecule has 0 saturated carbocycles. The molecule has 3 heterocycles. The van der Waals surface area contributed by atoms with Crippen LogP contribution < -0.4 is 4.90 Å². The van der Waals surface area contributed by atoms with Crippen molar-refractivity contribution in [3.8, 4) is 11.3 Å². The van der Waals surface area contributed by atoms with Crippen LogP contribution >= 0.6 is 0 Å². The first kappa shape index (κ1) is 18.5. The van der Waals surface area contributed by atoms with Crippen LogP contribution in [0.2, 0.25) is 0 Å². The van der Waals surface area contributed by atoms with Gasteiger partial charge in [0, 0.05) is 37.7 Å². The molecule has 0 aliphatic carbocycles. The van der Waals surface area contributed by atoms with E-state index < -0.39 is 5.97 Å². The van der Waals surface area contributed by atoms with E-state index in [-0.39, 0.29) is 23.1 Å². The smallest absolute Gasteiger partial charge is 0.343 e. The van der Waals surface area contributed by atoms with E-state index in [9.17, 15) is 14.7 Å². The van der Waals surface area contributed by atoms with Gasteiger partial charge in [-0.25, -0.2) is 4.79 Å². The molecular weight excluding hydrogens is 362 g/mol. The van der Waals surface area contributed by atoms with E-state index in [2.05, 4.69) is 5.16 Å². The van der Waals surface area contributed by atoms with Gasteiger partial charge in [0.1, 0.15) is 0 Å². The van der Waals surface area contributed by atoms with Crippen molar-refractivity contribution < 1.29 is 24.0 Å². The Morgan fingerprint density at radius 1 is 1.04 bits per heavy atom. The highest BCUT2D eigenvalue weighted by molar-refractivity contribution is 5.99. The van der Waals surface area contributed by atoms with Crippen LogP contribution in [0.15, 0.2) is 34.9 Å². The number of hydrogen-bond acceptors (Lipinski definition) is 6. The number of ether oxygens (including phenoxy) is 1. The van der Waals surface area contributed by atoms with Gasteiger partial charge in [0.2, 0.25) is 5.91 Å². The van der Waals surface area contributed by atoms with Gasteiger partial charge in [-0.15, -0.1) is 0 Å². The monoisotopic (exact) mass is 385 g/mol. The van der Waals surface area contributed by atoms with Crippen LogP contribution in [0.3, 0.4) is 0 Å². The first-order valence-corrected chi connectivity index (χ1v) is 9.55. The Bertz CT molecular complexity index is 837. The van der Waals surface area contributed by atoms with Crippen LogP contribution in [0, 0.1) is 5.92 Å². The summed E-state index contributed by atoms with van der Waals surface area (Å²) >= 11 is 0. The van der Waals surface area contributed by atoms with E-state index in [1.165, 1.54) is 0 Å². The fourth-order valence-electron chi connectivity index (χ4n) is 3.86. The molecule has 1 aromatic carbocycles. The summed E-state index contributed by atoms with van der Waals surface area (Å²) in [7, 11) is 0. The molecule has 0 spiro atoms. The summed E-state index contributed by atoms with van der Waals surface area (Å²) in [6.45, 7) is 3.61. The molecule has 0 atom stereocenters. The van der Waals surface area contributed by atoms with Gasteiger partial charge >= 0.3 is 5.97 Å². The molecule has 0 unspecified atom stereocenters. The quantitative estimate of drug-likeness (QED) is 0.861. The number of aromatic carboxylic acids is 1. The van der Waals surface area contributed by atoms with Gasteiger partial charge in [-0.2, -0.15) is 0 Å². The van der Waals surface area contributed by atoms with Crippen molar-refractivity contribution in [3.63, 3.8) is 0 Å². The number of morpholine rings is 1. The second-order valence-electron chi connectivity index (χ2n) is 7.08. The Hall–Kier alpha value is -2.87. The zero-order valence-corrected chi connectivity index (χ0v) is 15.5. The van der Waals surface area contributed by atoms with Crippen molar-refractivity contribution in [1.29, 1.82) is 0 Å². The van der Waals surface area contributed by atoms with Crippen LogP contribution in [0.5, 0.6) is 0 Å². The lowest BCUT2D eigenvalue weighted by Crippen LogP contribution is -2.47. The number of carboxylic acid groups (broad SMARTS) is 1. The third-order valence-corrected chi connectivity index (χ3v) is 5.39. The number of piperidine rings is 1. The number of benzene rings is 1. The van der Waals surface area contributed by atoms with E-state index in [1.807, 2.05) is 28.0 Å². The van der Waals surface area contributed by atoms with Crippen LogP contribution in [0.25, 0.3) is 11.3 Å². The fourth-order valence-corrected chi connectivity index (χ4v) is 3.86. The van der Waals surface area contributed by atoms with Gasteiger partial charge in [0.05, 0.1) is 13.2 Å². The highest BCUT2D eigenvalue weighted by atomic mass is 16.5. The molecule has 1 aromatic heterocycles. The number of nitrogens with zero attached hydrogens (tertiary/aromatic N) is 3. The summed E-state index contributed by atoms with van der Waals surface area (Å²) in [5.74, 6) is -0.338. The Balaban J connectivity index is 1.48. The predicted molar refractivity (Wildman–Crippen MR) is 101 cm³/mol. The molecule has 28 heavy (non-hydrogen) atoms. The number of carbonyl (C=O) groups is 2. The van der Waals surface area contributed by atoms with Crippen LogP contribution in [0.1, 0.15) is 23.2 Å². The summed E-state index contributed by atoms with van der Waals surface area (Å²) in [5.41, 5.74) is 0.750. The molecule has 2 saturated heterocycles. The minimum Gasteiger partial charge on any atom is -0.477 e. The van der Waals surface area contributed by atoms with Crippen molar-refractivity contribution >= 4 is 17.7 Å². The zero-order chi connectivity index (χ0) is 19.5. The van der Waals surface area contributed by atoms with Gasteiger partial charge in [-0.1, -0.05) is 35.5 Å². The van der Waals surface area contributed by atoms with Gasteiger partial charge in [0.15, 0.2) is 17.1 Å².